The highest BCUT2D eigenvalue weighted by atomic mass is 127. The minimum absolute atomic E-state index is 0. The first-order valence-corrected chi connectivity index (χ1v) is 11.1. The zero-order valence-electron chi connectivity index (χ0n) is 16.9. The monoisotopic (exact) mass is 564 g/mol. The molecule has 1 aliphatic heterocycles. The smallest absolute Gasteiger partial charge is 0.422 e. The zero-order valence-corrected chi connectivity index (χ0v) is 20.1. The van der Waals surface area contributed by atoms with E-state index in [-0.39, 0.29) is 29.7 Å². The zero-order chi connectivity index (χ0) is 21.5. The molecular formula is C18H28F3IN4O3S. The molecule has 0 unspecified atom stereocenters. The Hall–Kier alpha value is -1.28. The fourth-order valence-corrected chi connectivity index (χ4v) is 3.84. The van der Waals surface area contributed by atoms with E-state index < -0.39 is 22.8 Å². The predicted octanol–water partition coefficient (Wildman–Crippen LogP) is 2.58. The van der Waals surface area contributed by atoms with Crippen molar-refractivity contribution in [2.45, 2.75) is 25.6 Å². The molecule has 0 bridgehead atoms. The normalized spacial score (nSPS) is 16.6. The molecule has 0 spiro atoms. The Kier molecular flexibility index (Phi) is 10.6. The molecule has 1 aromatic carbocycles. The lowest BCUT2D eigenvalue weighted by Crippen LogP contribution is -2.43. The van der Waals surface area contributed by atoms with Gasteiger partial charge in [0.25, 0.3) is 0 Å². The maximum atomic E-state index is 12.2. The van der Waals surface area contributed by atoms with Crippen LogP contribution >= 0.6 is 24.0 Å². The Morgan fingerprint density at radius 1 is 1.20 bits per heavy atom. The summed E-state index contributed by atoms with van der Waals surface area (Å²) < 4.78 is 65.8. The third-order valence-electron chi connectivity index (χ3n) is 4.61. The summed E-state index contributed by atoms with van der Waals surface area (Å²) in [6.45, 7) is 0.872. The third kappa shape index (κ3) is 9.69. The fraction of sp³-hybridized carbons (Fsp3) is 0.611. The molecule has 1 saturated heterocycles. The van der Waals surface area contributed by atoms with Crippen LogP contribution in [-0.4, -0.2) is 64.4 Å². The number of benzene rings is 1. The number of aliphatic imine (C=N–C) groups is 1. The van der Waals surface area contributed by atoms with Gasteiger partial charge >= 0.3 is 6.18 Å². The van der Waals surface area contributed by atoms with Crippen LogP contribution in [-0.2, 0) is 16.6 Å². The van der Waals surface area contributed by atoms with E-state index >= 15 is 0 Å². The molecule has 7 nitrogen and oxygen atoms in total. The summed E-state index contributed by atoms with van der Waals surface area (Å²) in [4.78, 5) is 4.15. The van der Waals surface area contributed by atoms with Crippen molar-refractivity contribution in [3.63, 3.8) is 0 Å². The number of hydrogen-bond donors (Lipinski definition) is 2. The van der Waals surface area contributed by atoms with Gasteiger partial charge in [0.05, 0.1) is 6.26 Å². The Morgan fingerprint density at radius 3 is 2.30 bits per heavy atom. The minimum atomic E-state index is -4.36. The molecule has 1 heterocycles. The molecule has 1 fully saturated rings. The average Bonchev–Trinajstić information content (AvgIpc) is 2.66. The van der Waals surface area contributed by atoms with Gasteiger partial charge in [0, 0.05) is 33.2 Å². The first-order chi connectivity index (χ1) is 13.6. The summed E-state index contributed by atoms with van der Waals surface area (Å²) >= 11 is 0. The third-order valence-corrected chi connectivity index (χ3v) is 5.91. The quantitative estimate of drug-likeness (QED) is 0.303. The van der Waals surface area contributed by atoms with Crippen LogP contribution in [0.15, 0.2) is 29.3 Å². The summed E-state index contributed by atoms with van der Waals surface area (Å²) in [6, 6.07) is 6.36. The van der Waals surface area contributed by atoms with Crippen LogP contribution in [0.2, 0.25) is 0 Å². The summed E-state index contributed by atoms with van der Waals surface area (Å²) in [5.74, 6) is 1.12. The highest BCUT2D eigenvalue weighted by Crippen LogP contribution is 2.19. The molecule has 12 heteroatoms. The van der Waals surface area contributed by atoms with E-state index in [4.69, 9.17) is 0 Å². The molecule has 0 aromatic heterocycles. The standard InChI is InChI=1S/C18H27F3N4O3S.HI/c1-22-17(24-12-15-7-9-25(10-8-15)29(2,26)27)23-11-14-3-5-16(6-4-14)28-13-18(19,20)21;/h3-6,15H,7-13H2,1-2H3,(H2,22,23,24);1H. The lowest BCUT2D eigenvalue weighted by Gasteiger charge is -2.30. The largest absolute Gasteiger partial charge is 0.484 e. The summed E-state index contributed by atoms with van der Waals surface area (Å²) in [5.41, 5.74) is 0.869. The van der Waals surface area contributed by atoms with Crippen molar-refractivity contribution in [2.75, 3.05) is 39.5 Å². The molecule has 2 rings (SSSR count). The first-order valence-electron chi connectivity index (χ1n) is 9.25. The molecule has 0 aliphatic carbocycles. The van der Waals surface area contributed by atoms with Crippen LogP contribution < -0.4 is 15.4 Å². The number of ether oxygens (including phenoxy) is 1. The van der Waals surface area contributed by atoms with E-state index in [1.54, 1.807) is 19.2 Å². The van der Waals surface area contributed by atoms with E-state index in [9.17, 15) is 21.6 Å². The van der Waals surface area contributed by atoms with Gasteiger partial charge in [0.1, 0.15) is 5.75 Å². The molecule has 0 saturated carbocycles. The number of halogens is 4. The van der Waals surface area contributed by atoms with Gasteiger partial charge in [-0.25, -0.2) is 12.7 Å². The SMILES string of the molecule is CN=C(NCc1ccc(OCC(F)(F)F)cc1)NCC1CCN(S(C)(=O)=O)CC1.I. The first kappa shape index (κ1) is 26.8. The molecule has 30 heavy (non-hydrogen) atoms. The second kappa shape index (κ2) is 11.9. The number of hydrogen-bond acceptors (Lipinski definition) is 4. The summed E-state index contributed by atoms with van der Waals surface area (Å²) in [7, 11) is -1.48. The highest BCUT2D eigenvalue weighted by molar-refractivity contribution is 14.0. The van der Waals surface area contributed by atoms with Crippen molar-refractivity contribution in [3.8, 4) is 5.75 Å². The minimum Gasteiger partial charge on any atom is -0.484 e. The number of alkyl halides is 3. The van der Waals surface area contributed by atoms with Gasteiger partial charge in [-0.2, -0.15) is 13.2 Å². The molecule has 172 valence electrons. The molecule has 1 aliphatic rings. The van der Waals surface area contributed by atoms with Crippen LogP contribution in [0.3, 0.4) is 0 Å². The summed E-state index contributed by atoms with van der Waals surface area (Å²) in [5, 5.41) is 6.38. The van der Waals surface area contributed by atoms with Crippen molar-refractivity contribution in [2.24, 2.45) is 10.9 Å². The molecule has 0 radical (unpaired) electrons. The average molecular weight is 564 g/mol. The maximum Gasteiger partial charge on any atom is 0.422 e. The van der Waals surface area contributed by atoms with Crippen LogP contribution in [0.5, 0.6) is 5.75 Å². The highest BCUT2D eigenvalue weighted by Gasteiger charge is 2.28. The van der Waals surface area contributed by atoms with Gasteiger partial charge in [-0.1, -0.05) is 12.1 Å². The lowest BCUT2D eigenvalue weighted by atomic mass is 9.98. The van der Waals surface area contributed by atoms with Crippen molar-refractivity contribution in [1.82, 2.24) is 14.9 Å². The fourth-order valence-electron chi connectivity index (χ4n) is 2.96. The van der Waals surface area contributed by atoms with Gasteiger partial charge in [-0.05, 0) is 36.5 Å². The van der Waals surface area contributed by atoms with Crippen molar-refractivity contribution >= 4 is 40.0 Å². The van der Waals surface area contributed by atoms with Gasteiger partial charge in [-0.15, -0.1) is 24.0 Å². The van der Waals surface area contributed by atoms with Crippen LogP contribution in [0.1, 0.15) is 18.4 Å². The van der Waals surface area contributed by atoms with Gasteiger partial charge in [-0.3, -0.25) is 4.99 Å². The van der Waals surface area contributed by atoms with Gasteiger partial charge in [0.2, 0.25) is 10.0 Å². The summed E-state index contributed by atoms with van der Waals surface area (Å²) in [6.07, 6.45) is -1.56. The van der Waals surface area contributed by atoms with Gasteiger partial charge in [0.15, 0.2) is 12.6 Å². The topological polar surface area (TPSA) is 83.0 Å². The number of rotatable bonds is 7. The number of guanidine groups is 1. The van der Waals surface area contributed by atoms with Crippen molar-refractivity contribution in [1.29, 1.82) is 0 Å². The lowest BCUT2D eigenvalue weighted by molar-refractivity contribution is -0.153. The maximum absolute atomic E-state index is 12.2. The number of nitrogens with one attached hydrogen (secondary N) is 2. The molecule has 0 atom stereocenters. The Labute approximate surface area is 192 Å². The number of nitrogens with zero attached hydrogens (tertiary/aromatic N) is 2. The second-order valence-corrected chi connectivity index (χ2v) is 8.94. The number of sulfonamides is 1. The predicted molar refractivity (Wildman–Crippen MR) is 121 cm³/mol. The Balaban J connectivity index is 0.00000450. The van der Waals surface area contributed by atoms with E-state index in [2.05, 4.69) is 20.4 Å². The van der Waals surface area contributed by atoms with Crippen molar-refractivity contribution < 1.29 is 26.3 Å². The van der Waals surface area contributed by atoms with E-state index in [1.807, 2.05) is 0 Å². The van der Waals surface area contributed by atoms with Crippen LogP contribution in [0.4, 0.5) is 13.2 Å². The Bertz CT molecular complexity index is 781. The number of piperidine rings is 1. The molecule has 0 amide bonds. The molecule has 2 N–H and O–H groups in total. The van der Waals surface area contributed by atoms with E-state index in [0.717, 1.165) is 18.4 Å². The molecule has 1 aromatic rings. The van der Waals surface area contributed by atoms with Crippen LogP contribution in [0.25, 0.3) is 0 Å². The van der Waals surface area contributed by atoms with Gasteiger partial charge < -0.3 is 15.4 Å². The molecular weight excluding hydrogens is 536 g/mol. The second-order valence-electron chi connectivity index (χ2n) is 6.96. The van der Waals surface area contributed by atoms with E-state index in [0.29, 0.717) is 38.1 Å². The van der Waals surface area contributed by atoms with Crippen molar-refractivity contribution in [3.05, 3.63) is 29.8 Å². The Morgan fingerprint density at radius 2 is 1.80 bits per heavy atom. The van der Waals surface area contributed by atoms with E-state index in [1.165, 1.54) is 22.7 Å². The van der Waals surface area contributed by atoms with Crippen LogP contribution in [0, 0.1) is 5.92 Å².